The summed E-state index contributed by atoms with van der Waals surface area (Å²) in [4.78, 5) is 7.34. The molecule has 0 N–H and O–H groups in total. The van der Waals surface area contributed by atoms with Gasteiger partial charge in [0.05, 0.1) is 22.5 Å². The molecule has 0 saturated carbocycles. The molecule has 0 saturated heterocycles. The van der Waals surface area contributed by atoms with Crippen molar-refractivity contribution < 1.29 is 0 Å². The number of aromatic nitrogens is 1. The van der Waals surface area contributed by atoms with Crippen molar-refractivity contribution >= 4 is 17.1 Å². The highest BCUT2D eigenvalue weighted by molar-refractivity contribution is 5.90. The average molecular weight is 683 g/mol. The Labute approximate surface area is 311 Å². The molecular weight excluding hydrogens is 645 g/mol. The van der Waals surface area contributed by atoms with Crippen LogP contribution >= 0.6 is 0 Å². The van der Waals surface area contributed by atoms with Crippen molar-refractivity contribution in [3.05, 3.63) is 191 Å². The second-order valence-corrected chi connectivity index (χ2v) is 14.6. The van der Waals surface area contributed by atoms with Gasteiger partial charge in [-0.2, -0.15) is 10.5 Å². The van der Waals surface area contributed by atoms with Gasteiger partial charge in [-0.05, 0) is 70.3 Å². The Kier molecular flexibility index (Phi) is 8.25. The topological polar surface area (TPSA) is 63.7 Å². The van der Waals surface area contributed by atoms with Crippen molar-refractivity contribution in [2.45, 2.75) is 38.5 Å². The zero-order valence-corrected chi connectivity index (χ0v) is 30.3. The first-order valence-corrected chi connectivity index (χ1v) is 17.9. The maximum atomic E-state index is 10.8. The highest BCUT2D eigenvalue weighted by Crippen LogP contribution is 2.52. The minimum atomic E-state index is -0.379. The van der Waals surface area contributed by atoms with Gasteiger partial charge in [0.2, 0.25) is 0 Å². The fraction of sp³-hybridized carbons (Fsp3) is 0.122. The predicted molar refractivity (Wildman–Crippen MR) is 215 cm³/mol. The Balaban J connectivity index is 1.33. The van der Waals surface area contributed by atoms with Gasteiger partial charge in [-0.25, -0.2) is 4.98 Å². The minimum absolute atomic E-state index is 0.341. The lowest BCUT2D eigenvalue weighted by molar-refractivity contribution is 0.521. The summed E-state index contributed by atoms with van der Waals surface area (Å²) in [6, 6.07) is 58.9. The maximum Gasteiger partial charge on any atom is 0.102 e. The van der Waals surface area contributed by atoms with Crippen LogP contribution in [0.3, 0.4) is 0 Å². The lowest BCUT2D eigenvalue weighted by atomic mass is 9.59. The van der Waals surface area contributed by atoms with Crippen LogP contribution in [0, 0.1) is 22.7 Å². The molecule has 0 amide bonds. The summed E-state index contributed by atoms with van der Waals surface area (Å²) in [6.45, 7) is 9.16. The van der Waals surface area contributed by atoms with Crippen molar-refractivity contribution in [1.82, 2.24) is 4.98 Å². The van der Waals surface area contributed by atoms with E-state index in [1.807, 2.05) is 72.8 Å². The van der Waals surface area contributed by atoms with E-state index in [2.05, 4.69) is 130 Å². The number of nitriles is 2. The Morgan fingerprint density at radius 3 is 1.30 bits per heavy atom. The molecule has 0 unspecified atom stereocenters. The summed E-state index contributed by atoms with van der Waals surface area (Å²) in [5, 5.41) is 21.6. The Bertz CT molecular complexity index is 2440. The van der Waals surface area contributed by atoms with Crippen LogP contribution in [0.4, 0.5) is 17.1 Å². The van der Waals surface area contributed by atoms with Gasteiger partial charge in [0.15, 0.2) is 0 Å². The number of benzene rings is 6. The minimum Gasteiger partial charge on any atom is -0.310 e. The molecular formula is C49H38N4. The number of anilines is 3. The molecule has 1 aromatic heterocycles. The Hall–Kier alpha value is -6.75. The van der Waals surface area contributed by atoms with Gasteiger partial charge in [0, 0.05) is 44.6 Å². The number of fused-ring (bicyclic) bond motifs is 2. The number of pyridine rings is 1. The lowest BCUT2D eigenvalue weighted by Crippen LogP contribution is -2.36. The summed E-state index contributed by atoms with van der Waals surface area (Å²) in [5.41, 5.74) is 12.5. The van der Waals surface area contributed by atoms with Crippen molar-refractivity contribution in [2.75, 3.05) is 4.90 Å². The van der Waals surface area contributed by atoms with Crippen molar-refractivity contribution in [3.8, 4) is 45.8 Å². The summed E-state index contributed by atoms with van der Waals surface area (Å²) >= 11 is 0. The lowest BCUT2D eigenvalue weighted by Gasteiger charge is -2.44. The summed E-state index contributed by atoms with van der Waals surface area (Å²) in [5.74, 6) is 0. The third-order valence-corrected chi connectivity index (χ3v) is 10.8. The van der Waals surface area contributed by atoms with Crippen LogP contribution in [0.25, 0.3) is 33.6 Å². The van der Waals surface area contributed by atoms with Gasteiger partial charge < -0.3 is 4.90 Å². The van der Waals surface area contributed by atoms with E-state index in [1.54, 1.807) is 0 Å². The number of hydrogen-bond acceptors (Lipinski definition) is 4. The van der Waals surface area contributed by atoms with Gasteiger partial charge in [-0.15, -0.1) is 0 Å². The van der Waals surface area contributed by atoms with Gasteiger partial charge >= 0.3 is 0 Å². The molecule has 0 fully saturated rings. The third kappa shape index (κ3) is 5.57. The van der Waals surface area contributed by atoms with Gasteiger partial charge in [-0.3, -0.25) is 0 Å². The van der Waals surface area contributed by atoms with Crippen LogP contribution in [0.1, 0.15) is 61.1 Å². The van der Waals surface area contributed by atoms with Crippen LogP contribution in [-0.4, -0.2) is 4.98 Å². The zero-order valence-electron chi connectivity index (χ0n) is 30.3. The zero-order chi connectivity index (χ0) is 36.7. The van der Waals surface area contributed by atoms with Gasteiger partial charge in [0.25, 0.3) is 0 Å². The second-order valence-electron chi connectivity index (χ2n) is 14.6. The number of hydrogen-bond donors (Lipinski definition) is 0. The van der Waals surface area contributed by atoms with E-state index in [0.717, 1.165) is 33.8 Å². The number of rotatable bonds is 6. The molecule has 0 bridgehead atoms. The van der Waals surface area contributed by atoms with Crippen LogP contribution in [-0.2, 0) is 10.8 Å². The third-order valence-electron chi connectivity index (χ3n) is 10.8. The number of para-hydroxylation sites is 2. The van der Waals surface area contributed by atoms with Crippen LogP contribution < -0.4 is 4.90 Å². The average Bonchev–Trinajstić information content (AvgIpc) is 3.21. The maximum absolute atomic E-state index is 10.8. The molecule has 4 heteroatoms. The van der Waals surface area contributed by atoms with Crippen LogP contribution in [0.5, 0.6) is 0 Å². The standard InChI is InChI=1S/C49H38N4/c1-48(2)42-28-26-38(53(36-21-13-7-14-22-36)37-23-15-8-16-24-37)30-44(42)49(3,4)41-27-25-35(29-43(41)48)45-39(31-50)46(33-17-9-5-10-18-33)52-47(40(45)32-51)34-19-11-6-12-20-34/h5-30H,1-4H3. The second kappa shape index (κ2) is 13.1. The summed E-state index contributed by atoms with van der Waals surface area (Å²) in [7, 11) is 0. The summed E-state index contributed by atoms with van der Waals surface area (Å²) < 4.78 is 0. The highest BCUT2D eigenvalue weighted by Gasteiger charge is 2.42. The summed E-state index contributed by atoms with van der Waals surface area (Å²) in [6.07, 6.45) is 0. The van der Waals surface area contributed by atoms with E-state index in [0.29, 0.717) is 28.1 Å². The predicted octanol–water partition coefficient (Wildman–Crippen LogP) is 12.3. The van der Waals surface area contributed by atoms with E-state index in [4.69, 9.17) is 4.98 Å². The van der Waals surface area contributed by atoms with Crippen LogP contribution in [0.15, 0.2) is 158 Å². The van der Waals surface area contributed by atoms with E-state index in [9.17, 15) is 10.5 Å². The largest absolute Gasteiger partial charge is 0.310 e. The fourth-order valence-electron chi connectivity index (χ4n) is 8.09. The molecule has 7 aromatic rings. The first kappa shape index (κ1) is 33.4. The van der Waals surface area contributed by atoms with Crippen LogP contribution in [0.2, 0.25) is 0 Å². The van der Waals surface area contributed by atoms with Crippen molar-refractivity contribution in [2.24, 2.45) is 0 Å². The molecule has 0 aliphatic heterocycles. The molecule has 1 aliphatic carbocycles. The molecule has 8 rings (SSSR count). The smallest absolute Gasteiger partial charge is 0.102 e. The van der Waals surface area contributed by atoms with E-state index >= 15 is 0 Å². The molecule has 1 heterocycles. The first-order valence-electron chi connectivity index (χ1n) is 17.9. The van der Waals surface area contributed by atoms with E-state index in [-0.39, 0.29) is 10.8 Å². The normalized spacial score (nSPS) is 13.5. The Morgan fingerprint density at radius 2 is 0.849 bits per heavy atom. The van der Waals surface area contributed by atoms with Gasteiger partial charge in [0.1, 0.15) is 12.1 Å². The molecule has 254 valence electrons. The quantitative estimate of drug-likeness (QED) is 0.175. The molecule has 0 spiro atoms. The Morgan fingerprint density at radius 1 is 0.434 bits per heavy atom. The number of nitrogens with zero attached hydrogens (tertiary/aromatic N) is 4. The molecule has 0 atom stereocenters. The molecule has 53 heavy (non-hydrogen) atoms. The van der Waals surface area contributed by atoms with Crippen molar-refractivity contribution in [3.63, 3.8) is 0 Å². The van der Waals surface area contributed by atoms with E-state index < -0.39 is 0 Å². The molecule has 6 aromatic carbocycles. The fourth-order valence-corrected chi connectivity index (χ4v) is 8.09. The van der Waals surface area contributed by atoms with Gasteiger partial charge in [-0.1, -0.05) is 143 Å². The molecule has 1 aliphatic rings. The monoisotopic (exact) mass is 682 g/mol. The van der Waals surface area contributed by atoms with Crippen molar-refractivity contribution in [1.29, 1.82) is 10.5 Å². The molecule has 0 radical (unpaired) electrons. The SMILES string of the molecule is CC1(C)c2ccc(N(c3ccccc3)c3ccccc3)cc2C(C)(C)c2ccc(-c3c(C#N)c(-c4ccccc4)nc(-c4ccccc4)c3C#N)cc21. The highest BCUT2D eigenvalue weighted by atomic mass is 15.1. The van der Waals surface area contributed by atoms with E-state index in [1.165, 1.54) is 22.3 Å². The first-order chi connectivity index (χ1) is 25.7. The molecule has 4 nitrogen and oxygen atoms in total.